The first-order valence-electron chi connectivity index (χ1n) is 4.67. The Bertz CT molecular complexity index is 291. The van der Waals surface area contributed by atoms with Gasteiger partial charge in [-0.1, -0.05) is 0 Å². The van der Waals surface area contributed by atoms with Crippen LogP contribution in [0.15, 0.2) is 12.3 Å². The molecule has 4 nitrogen and oxygen atoms in total. The highest BCUT2D eigenvalue weighted by atomic mass is 16.3. The molecule has 2 N–H and O–H groups in total. The summed E-state index contributed by atoms with van der Waals surface area (Å²) in [4.78, 5) is 0. The highest BCUT2D eigenvalue weighted by Gasteiger charge is 2.35. The van der Waals surface area contributed by atoms with E-state index in [9.17, 15) is 5.11 Å². The highest BCUT2D eigenvalue weighted by Crippen LogP contribution is 2.17. The lowest BCUT2D eigenvalue weighted by Crippen LogP contribution is -2.60. The van der Waals surface area contributed by atoms with Crippen molar-refractivity contribution in [3.8, 4) is 0 Å². The van der Waals surface area contributed by atoms with Crippen LogP contribution in [0.25, 0.3) is 0 Å². The molecule has 0 bridgehead atoms. The minimum atomic E-state index is -0.535. The summed E-state index contributed by atoms with van der Waals surface area (Å²) in [5.74, 6) is 0. The lowest BCUT2D eigenvalue weighted by Gasteiger charge is -2.37. The fraction of sp³-hybridized carbons (Fsp3) is 0.667. The third kappa shape index (κ3) is 1.59. The number of β-amino-alcohol motifs (C(OH)–C–C–N with tert-alkyl or cyclic N) is 1. The van der Waals surface area contributed by atoms with Gasteiger partial charge in [0.1, 0.15) is 0 Å². The summed E-state index contributed by atoms with van der Waals surface area (Å²) >= 11 is 0. The molecule has 72 valence electrons. The first-order chi connectivity index (χ1) is 6.23. The van der Waals surface area contributed by atoms with Crippen molar-refractivity contribution in [3.05, 3.63) is 18.0 Å². The second kappa shape index (κ2) is 3.12. The summed E-state index contributed by atoms with van der Waals surface area (Å²) in [6.45, 7) is 4.31. The summed E-state index contributed by atoms with van der Waals surface area (Å²) in [5.41, 5.74) is 0.582. The molecule has 1 aliphatic heterocycles. The molecule has 1 aromatic rings. The molecule has 0 aliphatic carbocycles. The second-order valence-corrected chi connectivity index (χ2v) is 3.64. The molecule has 0 atom stereocenters. The van der Waals surface area contributed by atoms with Gasteiger partial charge in [-0.15, -0.1) is 0 Å². The highest BCUT2D eigenvalue weighted by molar-refractivity contribution is 5.09. The van der Waals surface area contributed by atoms with Crippen LogP contribution in [0.2, 0.25) is 0 Å². The van der Waals surface area contributed by atoms with E-state index in [1.54, 1.807) is 6.20 Å². The normalized spacial score (nSPS) is 19.8. The molecule has 0 radical (unpaired) electrons. The maximum Gasteiger partial charge on any atom is 0.0950 e. The molecule has 13 heavy (non-hydrogen) atoms. The molecule has 1 aliphatic rings. The number of rotatable bonds is 3. The largest absolute Gasteiger partial charge is 0.387 e. The first kappa shape index (κ1) is 8.72. The summed E-state index contributed by atoms with van der Waals surface area (Å²) in [6, 6.07) is 1.97. The Labute approximate surface area is 77.6 Å². The molecule has 1 aromatic heterocycles. The molecular weight excluding hydrogens is 166 g/mol. The predicted molar refractivity (Wildman–Crippen MR) is 49.4 cm³/mol. The third-order valence-corrected chi connectivity index (χ3v) is 2.52. The first-order valence-corrected chi connectivity index (χ1v) is 4.67. The second-order valence-electron chi connectivity index (χ2n) is 3.64. The standard InChI is InChI=1S/C9H15N3O/c1-2-12-8(3-4-11-12)5-9(13)6-10-7-9/h3-4,10,13H,2,5-7H2,1H3. The topological polar surface area (TPSA) is 50.1 Å². The van der Waals surface area contributed by atoms with Gasteiger partial charge in [0.15, 0.2) is 0 Å². The van der Waals surface area contributed by atoms with Crippen LogP contribution < -0.4 is 5.32 Å². The Morgan fingerprint density at radius 1 is 1.69 bits per heavy atom. The van der Waals surface area contributed by atoms with Gasteiger partial charge in [-0.2, -0.15) is 5.10 Å². The number of hydrogen-bond acceptors (Lipinski definition) is 3. The van der Waals surface area contributed by atoms with Gasteiger partial charge in [0.25, 0.3) is 0 Å². The number of aromatic nitrogens is 2. The molecule has 4 heteroatoms. The van der Waals surface area contributed by atoms with Crippen LogP contribution >= 0.6 is 0 Å². The smallest absolute Gasteiger partial charge is 0.0950 e. The maximum absolute atomic E-state index is 9.90. The van der Waals surface area contributed by atoms with E-state index in [2.05, 4.69) is 17.3 Å². The summed E-state index contributed by atoms with van der Waals surface area (Å²) in [6.07, 6.45) is 2.49. The van der Waals surface area contributed by atoms with Crippen molar-refractivity contribution in [3.63, 3.8) is 0 Å². The Kier molecular flexibility index (Phi) is 2.09. The summed E-state index contributed by atoms with van der Waals surface area (Å²) < 4.78 is 1.93. The van der Waals surface area contributed by atoms with Crippen molar-refractivity contribution >= 4 is 0 Å². The minimum Gasteiger partial charge on any atom is -0.387 e. The minimum absolute atomic E-state index is 0.535. The average Bonchev–Trinajstić information content (AvgIpc) is 2.49. The van der Waals surface area contributed by atoms with E-state index in [0.717, 1.165) is 12.2 Å². The van der Waals surface area contributed by atoms with Crippen molar-refractivity contribution in [2.24, 2.45) is 0 Å². The number of hydrogen-bond donors (Lipinski definition) is 2. The zero-order valence-electron chi connectivity index (χ0n) is 7.82. The summed E-state index contributed by atoms with van der Waals surface area (Å²) in [7, 11) is 0. The molecule has 0 amide bonds. The van der Waals surface area contributed by atoms with E-state index >= 15 is 0 Å². The molecule has 0 spiro atoms. The van der Waals surface area contributed by atoms with Crippen molar-refractivity contribution in [2.45, 2.75) is 25.5 Å². The van der Waals surface area contributed by atoms with Crippen LogP contribution in [0.3, 0.4) is 0 Å². The monoisotopic (exact) mass is 181 g/mol. The molecule has 1 saturated heterocycles. The van der Waals surface area contributed by atoms with Gasteiger partial charge in [0.2, 0.25) is 0 Å². The van der Waals surface area contributed by atoms with Gasteiger partial charge < -0.3 is 10.4 Å². The third-order valence-electron chi connectivity index (χ3n) is 2.52. The molecule has 2 heterocycles. The van der Waals surface area contributed by atoms with E-state index in [-0.39, 0.29) is 0 Å². The van der Waals surface area contributed by atoms with Gasteiger partial charge in [-0.05, 0) is 13.0 Å². The van der Waals surface area contributed by atoms with Crippen molar-refractivity contribution in [1.29, 1.82) is 0 Å². The van der Waals surface area contributed by atoms with Gasteiger partial charge >= 0.3 is 0 Å². The van der Waals surface area contributed by atoms with Crippen LogP contribution in [-0.2, 0) is 13.0 Å². The SMILES string of the molecule is CCn1nccc1CC1(O)CNC1. The van der Waals surface area contributed by atoms with E-state index < -0.39 is 5.60 Å². The van der Waals surface area contributed by atoms with E-state index in [4.69, 9.17) is 0 Å². The Hall–Kier alpha value is -0.870. The van der Waals surface area contributed by atoms with Crippen molar-refractivity contribution < 1.29 is 5.11 Å². The molecular formula is C9H15N3O. The Morgan fingerprint density at radius 2 is 2.46 bits per heavy atom. The van der Waals surface area contributed by atoms with Crippen molar-refractivity contribution in [2.75, 3.05) is 13.1 Å². The molecule has 0 saturated carbocycles. The molecule has 0 aromatic carbocycles. The summed E-state index contributed by atoms with van der Waals surface area (Å²) in [5, 5.41) is 17.1. The zero-order valence-corrected chi connectivity index (χ0v) is 7.82. The van der Waals surface area contributed by atoms with E-state index in [1.165, 1.54) is 0 Å². The van der Waals surface area contributed by atoms with Crippen LogP contribution in [-0.4, -0.2) is 33.6 Å². The van der Waals surface area contributed by atoms with Gasteiger partial charge in [0.05, 0.1) is 5.60 Å². The van der Waals surface area contributed by atoms with Crippen LogP contribution in [0.5, 0.6) is 0 Å². The maximum atomic E-state index is 9.90. The Morgan fingerprint density at radius 3 is 3.00 bits per heavy atom. The zero-order chi connectivity index (χ0) is 9.31. The predicted octanol–water partition coefficient (Wildman–Crippen LogP) is -0.220. The van der Waals surface area contributed by atoms with Crippen molar-refractivity contribution in [1.82, 2.24) is 15.1 Å². The van der Waals surface area contributed by atoms with Crippen LogP contribution in [0.4, 0.5) is 0 Å². The lowest BCUT2D eigenvalue weighted by atomic mass is 9.91. The van der Waals surface area contributed by atoms with Crippen LogP contribution in [0, 0.1) is 0 Å². The van der Waals surface area contributed by atoms with Gasteiger partial charge in [-0.25, -0.2) is 0 Å². The average molecular weight is 181 g/mol. The quantitative estimate of drug-likeness (QED) is 0.678. The van der Waals surface area contributed by atoms with E-state index in [1.807, 2.05) is 10.7 Å². The van der Waals surface area contributed by atoms with Gasteiger partial charge in [0, 0.05) is 37.9 Å². The Balaban J connectivity index is 2.08. The van der Waals surface area contributed by atoms with Crippen LogP contribution in [0.1, 0.15) is 12.6 Å². The molecule has 1 fully saturated rings. The lowest BCUT2D eigenvalue weighted by molar-refractivity contribution is -0.0106. The van der Waals surface area contributed by atoms with E-state index in [0.29, 0.717) is 19.5 Å². The van der Waals surface area contributed by atoms with Gasteiger partial charge in [-0.3, -0.25) is 4.68 Å². The fourth-order valence-corrected chi connectivity index (χ4v) is 1.67. The fourth-order valence-electron chi connectivity index (χ4n) is 1.67. The molecule has 0 unspecified atom stereocenters. The number of aliphatic hydroxyl groups is 1. The number of aryl methyl sites for hydroxylation is 1. The number of nitrogens with zero attached hydrogens (tertiary/aromatic N) is 2. The molecule has 2 rings (SSSR count). The number of nitrogens with one attached hydrogen (secondary N) is 1.